The van der Waals surface area contributed by atoms with Crippen LogP contribution in [0.15, 0.2) is 18.2 Å². The molecule has 1 atom stereocenters. The Hall–Kier alpha value is -1.06. The summed E-state index contributed by atoms with van der Waals surface area (Å²) in [5, 5.41) is 13.0. The number of nitrogens with one attached hydrogen (secondary N) is 1. The zero-order chi connectivity index (χ0) is 11.5. The minimum Gasteiger partial charge on any atom is -0.390 e. The lowest BCUT2D eigenvalue weighted by atomic mass is 10.1. The van der Waals surface area contributed by atoms with Gasteiger partial charge in [-0.05, 0) is 37.1 Å². The van der Waals surface area contributed by atoms with Gasteiger partial charge in [-0.2, -0.15) is 0 Å². The third-order valence-electron chi connectivity index (χ3n) is 3.23. The summed E-state index contributed by atoms with van der Waals surface area (Å²) < 4.78 is 0. The van der Waals surface area contributed by atoms with E-state index in [-0.39, 0.29) is 6.10 Å². The Morgan fingerprint density at radius 3 is 2.88 bits per heavy atom. The molecule has 1 unspecified atom stereocenters. The number of rotatable bonds is 1. The number of aliphatic hydroxyl groups excluding tert-OH is 1. The van der Waals surface area contributed by atoms with E-state index in [0.717, 1.165) is 19.6 Å². The van der Waals surface area contributed by atoms with Crippen LogP contribution in [0.1, 0.15) is 11.1 Å². The van der Waals surface area contributed by atoms with Crippen molar-refractivity contribution in [2.45, 2.75) is 20.0 Å². The molecule has 88 valence electrons. The monoisotopic (exact) mass is 220 g/mol. The van der Waals surface area contributed by atoms with E-state index in [9.17, 15) is 5.11 Å². The Balaban J connectivity index is 2.18. The largest absolute Gasteiger partial charge is 0.390 e. The summed E-state index contributed by atoms with van der Waals surface area (Å²) in [5.74, 6) is 0. The molecule has 1 heterocycles. The van der Waals surface area contributed by atoms with Crippen molar-refractivity contribution in [3.63, 3.8) is 0 Å². The van der Waals surface area contributed by atoms with E-state index in [1.165, 1.54) is 16.8 Å². The van der Waals surface area contributed by atoms with E-state index in [4.69, 9.17) is 0 Å². The van der Waals surface area contributed by atoms with Crippen LogP contribution in [-0.2, 0) is 0 Å². The molecule has 1 aromatic carbocycles. The van der Waals surface area contributed by atoms with Crippen LogP contribution in [0.3, 0.4) is 0 Å². The highest BCUT2D eigenvalue weighted by Gasteiger charge is 2.15. The summed E-state index contributed by atoms with van der Waals surface area (Å²) in [6.07, 6.45) is -0.274. The Morgan fingerprint density at radius 1 is 1.31 bits per heavy atom. The first-order valence-corrected chi connectivity index (χ1v) is 5.88. The van der Waals surface area contributed by atoms with E-state index >= 15 is 0 Å². The molecule has 2 rings (SSSR count). The van der Waals surface area contributed by atoms with Crippen LogP contribution in [-0.4, -0.2) is 37.4 Å². The molecule has 1 aliphatic rings. The quantitative estimate of drug-likeness (QED) is 0.743. The van der Waals surface area contributed by atoms with Crippen molar-refractivity contribution in [2.75, 3.05) is 31.1 Å². The molecule has 0 aliphatic carbocycles. The fraction of sp³-hybridized carbons (Fsp3) is 0.538. The van der Waals surface area contributed by atoms with Gasteiger partial charge in [0.15, 0.2) is 0 Å². The first-order valence-electron chi connectivity index (χ1n) is 5.88. The van der Waals surface area contributed by atoms with E-state index in [0.29, 0.717) is 6.54 Å². The van der Waals surface area contributed by atoms with E-state index in [2.05, 4.69) is 42.3 Å². The maximum absolute atomic E-state index is 9.74. The second-order valence-corrected chi connectivity index (χ2v) is 4.57. The zero-order valence-corrected chi connectivity index (χ0v) is 10.0. The second-order valence-electron chi connectivity index (χ2n) is 4.57. The van der Waals surface area contributed by atoms with Gasteiger partial charge in [-0.1, -0.05) is 6.07 Å². The number of hydrogen-bond acceptors (Lipinski definition) is 3. The van der Waals surface area contributed by atoms with Crippen LogP contribution in [0.25, 0.3) is 0 Å². The highest BCUT2D eigenvalue weighted by Crippen LogP contribution is 2.19. The molecule has 0 radical (unpaired) electrons. The minimum atomic E-state index is -0.274. The number of benzene rings is 1. The smallest absolute Gasteiger partial charge is 0.0839 e. The normalized spacial score (nSPS) is 21.9. The van der Waals surface area contributed by atoms with Gasteiger partial charge in [0.2, 0.25) is 0 Å². The number of aryl methyl sites for hydroxylation is 2. The van der Waals surface area contributed by atoms with Crippen molar-refractivity contribution >= 4 is 5.69 Å². The molecule has 1 aromatic rings. The number of nitrogens with zero attached hydrogens (tertiary/aromatic N) is 1. The molecule has 0 saturated carbocycles. The van der Waals surface area contributed by atoms with Crippen molar-refractivity contribution in [3.8, 4) is 0 Å². The van der Waals surface area contributed by atoms with Gasteiger partial charge in [0.1, 0.15) is 0 Å². The highest BCUT2D eigenvalue weighted by atomic mass is 16.3. The fourth-order valence-corrected chi connectivity index (χ4v) is 2.05. The topological polar surface area (TPSA) is 35.5 Å². The predicted molar refractivity (Wildman–Crippen MR) is 67.0 cm³/mol. The van der Waals surface area contributed by atoms with Crippen LogP contribution < -0.4 is 10.2 Å². The van der Waals surface area contributed by atoms with Crippen molar-refractivity contribution in [1.29, 1.82) is 0 Å². The van der Waals surface area contributed by atoms with Gasteiger partial charge in [0.05, 0.1) is 6.10 Å². The number of hydrogen-bond donors (Lipinski definition) is 2. The first kappa shape index (κ1) is 11.4. The molecule has 16 heavy (non-hydrogen) atoms. The van der Waals surface area contributed by atoms with Gasteiger partial charge in [-0.3, -0.25) is 0 Å². The number of anilines is 1. The number of β-amino-alcohol motifs (C(OH)–C–C–N with tert-alkyl or cyclic N) is 1. The molecule has 0 aromatic heterocycles. The SMILES string of the molecule is Cc1ccc(N2CCNCC(O)C2)cc1C. The van der Waals surface area contributed by atoms with Gasteiger partial charge in [0, 0.05) is 31.9 Å². The molecule has 3 heteroatoms. The molecular weight excluding hydrogens is 200 g/mol. The summed E-state index contributed by atoms with van der Waals surface area (Å²) in [5.41, 5.74) is 3.84. The molecule has 0 spiro atoms. The number of aliphatic hydroxyl groups is 1. The van der Waals surface area contributed by atoms with Crippen LogP contribution in [0.2, 0.25) is 0 Å². The maximum atomic E-state index is 9.74. The summed E-state index contributed by atoms with van der Waals surface area (Å²) in [6.45, 7) is 7.56. The van der Waals surface area contributed by atoms with Crippen LogP contribution in [0.4, 0.5) is 5.69 Å². The van der Waals surface area contributed by atoms with Crippen molar-refractivity contribution in [1.82, 2.24) is 5.32 Å². The van der Waals surface area contributed by atoms with Crippen molar-refractivity contribution in [3.05, 3.63) is 29.3 Å². The van der Waals surface area contributed by atoms with Crippen LogP contribution >= 0.6 is 0 Å². The summed E-state index contributed by atoms with van der Waals surface area (Å²) in [6, 6.07) is 6.49. The molecule has 1 aliphatic heterocycles. The van der Waals surface area contributed by atoms with Gasteiger partial charge in [-0.15, -0.1) is 0 Å². The van der Waals surface area contributed by atoms with E-state index < -0.39 is 0 Å². The van der Waals surface area contributed by atoms with Gasteiger partial charge >= 0.3 is 0 Å². The summed E-state index contributed by atoms with van der Waals surface area (Å²) in [7, 11) is 0. The zero-order valence-electron chi connectivity index (χ0n) is 10.0. The van der Waals surface area contributed by atoms with Gasteiger partial charge < -0.3 is 15.3 Å². The second kappa shape index (κ2) is 4.85. The molecular formula is C13H20N2O. The van der Waals surface area contributed by atoms with Gasteiger partial charge in [-0.25, -0.2) is 0 Å². The van der Waals surface area contributed by atoms with Crippen molar-refractivity contribution in [2.24, 2.45) is 0 Å². The van der Waals surface area contributed by atoms with Crippen LogP contribution in [0, 0.1) is 13.8 Å². The third-order valence-corrected chi connectivity index (χ3v) is 3.23. The van der Waals surface area contributed by atoms with E-state index in [1.54, 1.807) is 0 Å². The average Bonchev–Trinajstić information content (AvgIpc) is 2.47. The Morgan fingerprint density at radius 2 is 2.12 bits per heavy atom. The molecule has 2 N–H and O–H groups in total. The van der Waals surface area contributed by atoms with Crippen LogP contribution in [0.5, 0.6) is 0 Å². The molecule has 1 fully saturated rings. The molecule has 1 saturated heterocycles. The molecule has 0 bridgehead atoms. The lowest BCUT2D eigenvalue weighted by molar-refractivity contribution is 0.185. The molecule has 0 amide bonds. The standard InChI is InChI=1S/C13H20N2O/c1-10-3-4-12(7-11(10)2)15-6-5-14-8-13(16)9-15/h3-4,7,13-14,16H,5-6,8-9H2,1-2H3. The minimum absolute atomic E-state index is 0.274. The molecule has 3 nitrogen and oxygen atoms in total. The lowest BCUT2D eigenvalue weighted by Gasteiger charge is -2.24. The Bertz CT molecular complexity index is 365. The first-order chi connectivity index (χ1) is 7.66. The fourth-order valence-electron chi connectivity index (χ4n) is 2.05. The van der Waals surface area contributed by atoms with Crippen molar-refractivity contribution < 1.29 is 5.11 Å². The summed E-state index contributed by atoms with van der Waals surface area (Å²) >= 11 is 0. The summed E-state index contributed by atoms with van der Waals surface area (Å²) in [4.78, 5) is 2.25. The van der Waals surface area contributed by atoms with E-state index in [1.807, 2.05) is 0 Å². The predicted octanol–water partition coefficient (Wildman–Crippen LogP) is 1.07. The highest BCUT2D eigenvalue weighted by molar-refractivity contribution is 5.50. The Kier molecular flexibility index (Phi) is 3.46. The third kappa shape index (κ3) is 2.54. The van der Waals surface area contributed by atoms with Gasteiger partial charge in [0.25, 0.3) is 0 Å². The Labute approximate surface area is 97.1 Å². The lowest BCUT2D eigenvalue weighted by Crippen LogP contribution is -2.32. The maximum Gasteiger partial charge on any atom is 0.0839 e. The average molecular weight is 220 g/mol.